The van der Waals surface area contributed by atoms with E-state index in [0.717, 1.165) is 62.8 Å². The fourth-order valence-corrected chi connectivity index (χ4v) is 11.4. The molecule has 6 rings (SSSR count). The number of allylic oxidation sites excluding steroid dienone is 1. The third kappa shape index (κ3) is 15.2. The molecule has 3 heterocycles. The van der Waals surface area contributed by atoms with Crippen LogP contribution < -0.4 is 4.90 Å². The molecule has 0 saturated heterocycles. The topological polar surface area (TPSA) is 50.8 Å². The molecule has 0 radical (unpaired) electrons. The van der Waals surface area contributed by atoms with Crippen LogP contribution in [0.25, 0.3) is 38.6 Å². The number of thiophene rings is 3. The summed E-state index contributed by atoms with van der Waals surface area (Å²) in [6.07, 6.45) is 27.2. The molecule has 0 N–H and O–H groups in total. The largest absolute Gasteiger partial charge is 0.311 e. The molecule has 0 aliphatic rings. The molecule has 0 aliphatic carbocycles. The van der Waals surface area contributed by atoms with Gasteiger partial charge in [-0.15, -0.1) is 34.0 Å². The van der Waals surface area contributed by atoms with Gasteiger partial charge in [-0.05, 0) is 130 Å². The number of benzene rings is 3. The Morgan fingerprint density at radius 3 is 1.43 bits per heavy atom. The fraction of sp³-hybridized carbons (Fsp3) is 0.345. The van der Waals surface area contributed by atoms with Gasteiger partial charge in [-0.2, -0.15) is 23.2 Å². The van der Waals surface area contributed by atoms with Gasteiger partial charge in [0.25, 0.3) is 0 Å². The van der Waals surface area contributed by atoms with E-state index in [2.05, 4.69) is 150 Å². The van der Waals surface area contributed by atoms with E-state index in [1.165, 1.54) is 108 Å². The Labute approximate surface area is 403 Å². The number of halogens is 1. The van der Waals surface area contributed by atoms with Gasteiger partial charge in [0, 0.05) is 52.8 Å². The first-order chi connectivity index (χ1) is 31.0. The average molecular weight is 971 g/mol. The van der Waals surface area contributed by atoms with Crippen LogP contribution in [0.15, 0.2) is 119 Å². The molecule has 0 aliphatic heterocycles. The highest BCUT2D eigenvalue weighted by molar-refractivity contribution is 9.11. The van der Waals surface area contributed by atoms with E-state index in [9.17, 15) is 10.5 Å². The van der Waals surface area contributed by atoms with Gasteiger partial charge in [0.15, 0.2) is 0 Å². The molecule has 0 saturated carbocycles. The monoisotopic (exact) mass is 969 g/mol. The van der Waals surface area contributed by atoms with Crippen molar-refractivity contribution < 1.29 is 0 Å². The lowest BCUT2D eigenvalue weighted by Gasteiger charge is -2.26. The van der Waals surface area contributed by atoms with Gasteiger partial charge in [0.2, 0.25) is 0 Å². The second-order valence-electron chi connectivity index (χ2n) is 16.3. The number of nitrogens with zero attached hydrogens (tertiary/aromatic N) is 3. The van der Waals surface area contributed by atoms with Crippen molar-refractivity contribution in [1.82, 2.24) is 0 Å². The van der Waals surface area contributed by atoms with Crippen molar-refractivity contribution in [2.45, 2.75) is 116 Å². The average Bonchev–Trinajstić information content (AvgIpc) is 4.10. The molecule has 0 spiro atoms. The summed E-state index contributed by atoms with van der Waals surface area (Å²) >= 11 is 12.8. The summed E-state index contributed by atoms with van der Waals surface area (Å²) in [4.78, 5) is 7.72. The quantitative estimate of drug-likeness (QED) is 0.0335. The normalized spacial score (nSPS) is 11.8. The van der Waals surface area contributed by atoms with Crippen molar-refractivity contribution in [1.29, 1.82) is 10.5 Å². The number of unbranched alkanes of at least 4 members (excludes halogenated alkanes) is 15. The summed E-state index contributed by atoms with van der Waals surface area (Å²) in [5, 5.41) is 19.3. The lowest BCUT2D eigenvalue weighted by molar-refractivity contribution is 0.529. The van der Waals surface area contributed by atoms with Crippen LogP contribution >= 0.6 is 62.6 Å². The van der Waals surface area contributed by atoms with Crippen LogP contribution in [0, 0.1) is 22.7 Å². The van der Waals surface area contributed by atoms with Gasteiger partial charge in [-0.3, -0.25) is 0 Å². The van der Waals surface area contributed by atoms with Crippen LogP contribution in [0.3, 0.4) is 0 Å². The highest BCUT2D eigenvalue weighted by Crippen LogP contribution is 2.39. The van der Waals surface area contributed by atoms with Gasteiger partial charge in [0.1, 0.15) is 6.07 Å². The maximum atomic E-state index is 9.87. The highest BCUT2D eigenvalue weighted by Gasteiger charge is 2.15. The summed E-state index contributed by atoms with van der Waals surface area (Å²) in [5.74, 6) is 0.430. The zero-order valence-electron chi connectivity index (χ0n) is 36.7. The van der Waals surface area contributed by atoms with Gasteiger partial charge < -0.3 is 4.90 Å². The van der Waals surface area contributed by atoms with Crippen molar-refractivity contribution in [3.8, 4) is 33.0 Å². The predicted molar refractivity (Wildman–Crippen MR) is 284 cm³/mol. The first-order valence-electron chi connectivity index (χ1n) is 22.9. The first-order valence-corrected chi connectivity index (χ1v) is 26.7. The van der Waals surface area contributed by atoms with E-state index in [4.69, 9.17) is 0 Å². The van der Waals surface area contributed by atoms with Crippen molar-refractivity contribution in [3.05, 3.63) is 139 Å². The molecule has 3 aromatic heterocycles. The molecule has 0 amide bonds. The third-order valence-corrected chi connectivity index (χ3v) is 15.6. The molecule has 0 unspecified atom stereocenters. The van der Waals surface area contributed by atoms with E-state index in [-0.39, 0.29) is 0 Å². The maximum Gasteiger partial charge on any atom is 0.101 e. The Hall–Kier alpha value is -4.15. The van der Waals surface area contributed by atoms with E-state index in [1.807, 2.05) is 24.3 Å². The van der Waals surface area contributed by atoms with Gasteiger partial charge >= 0.3 is 0 Å². The van der Waals surface area contributed by atoms with E-state index >= 15 is 0 Å². The molecule has 8 heteroatoms. The first kappa shape index (κ1) is 48.3. The number of aryl methyl sites for hydroxylation is 1. The SMILES string of the molecule is CCCCCCCCCCCCCCCCCCc1ccc(N(c2ccc(-c3ccc(/C=C(\C#N)CS)s3)cc2)c2ccc(-c3ccc(/C=C(\C#N)c4ccc(Br)s4)s3)cc2)cc1. The van der Waals surface area contributed by atoms with Gasteiger partial charge in [0.05, 0.1) is 15.4 Å². The number of thiol groups is 1. The van der Waals surface area contributed by atoms with Crippen LogP contribution in [0.4, 0.5) is 17.1 Å². The molecule has 3 nitrogen and oxygen atoms in total. The second kappa shape index (κ2) is 26.6. The molecular weight excluding hydrogens is 911 g/mol. The summed E-state index contributed by atoms with van der Waals surface area (Å²) in [7, 11) is 0. The van der Waals surface area contributed by atoms with Crippen molar-refractivity contribution >= 4 is 97.4 Å². The molecule has 63 heavy (non-hydrogen) atoms. The Kier molecular flexibility index (Phi) is 20.4. The minimum Gasteiger partial charge on any atom is -0.311 e. The maximum absolute atomic E-state index is 9.87. The van der Waals surface area contributed by atoms with Crippen LogP contribution in [-0.4, -0.2) is 5.75 Å². The Balaban J connectivity index is 1.08. The molecule has 326 valence electrons. The highest BCUT2D eigenvalue weighted by atomic mass is 79.9. The summed E-state index contributed by atoms with van der Waals surface area (Å²) in [6.45, 7) is 2.29. The number of nitriles is 2. The number of hydrogen-bond donors (Lipinski definition) is 1. The minimum atomic E-state index is 0.430. The van der Waals surface area contributed by atoms with Crippen LogP contribution in [-0.2, 0) is 6.42 Å². The van der Waals surface area contributed by atoms with Crippen molar-refractivity contribution in [3.63, 3.8) is 0 Å². The Morgan fingerprint density at radius 1 is 0.540 bits per heavy atom. The molecule has 6 aromatic rings. The standard InChI is InChI=1S/C55H60BrN3S4/c1-2-3-4-5-6-7-8-9-10-11-12-13-14-15-16-17-18-42-19-25-47(26-20-42)59(48-27-21-44(22-28-48)52-33-31-50(61-52)37-43(39-57)41-60)49-29-23-45(24-30-49)53-34-32-51(62-53)38-46(40-58)54-35-36-55(56)63-54/h19-38,60H,2-18,41H2,1H3/b43-37+,46-38+. The Morgan fingerprint density at radius 2 is 1.00 bits per heavy atom. The van der Waals surface area contributed by atoms with Gasteiger partial charge in [-0.1, -0.05) is 140 Å². The molecule has 0 atom stereocenters. The van der Waals surface area contributed by atoms with Crippen molar-refractivity contribution in [2.75, 3.05) is 10.7 Å². The molecule has 0 bridgehead atoms. The molecular formula is C55H60BrN3S4. The zero-order chi connectivity index (χ0) is 44.1. The number of anilines is 3. The predicted octanol–water partition coefficient (Wildman–Crippen LogP) is 19.1. The fourth-order valence-electron chi connectivity index (χ4n) is 7.90. The Bertz CT molecular complexity index is 2420. The summed E-state index contributed by atoms with van der Waals surface area (Å²) in [5.41, 5.74) is 8.31. The zero-order valence-corrected chi connectivity index (χ0v) is 41.6. The molecule has 3 aromatic carbocycles. The van der Waals surface area contributed by atoms with Crippen LogP contribution in [0.5, 0.6) is 0 Å². The van der Waals surface area contributed by atoms with E-state index in [0.29, 0.717) is 16.9 Å². The lowest BCUT2D eigenvalue weighted by Crippen LogP contribution is -2.10. The van der Waals surface area contributed by atoms with Gasteiger partial charge in [-0.25, -0.2) is 0 Å². The summed E-state index contributed by atoms with van der Waals surface area (Å²) in [6, 6.07) is 43.8. The third-order valence-electron chi connectivity index (χ3n) is 11.5. The van der Waals surface area contributed by atoms with Crippen LogP contribution in [0.2, 0.25) is 0 Å². The lowest BCUT2D eigenvalue weighted by atomic mass is 10.0. The minimum absolute atomic E-state index is 0.430. The van der Waals surface area contributed by atoms with Crippen molar-refractivity contribution in [2.24, 2.45) is 0 Å². The number of hydrogen-bond acceptors (Lipinski definition) is 7. The smallest absolute Gasteiger partial charge is 0.101 e. The molecule has 0 fully saturated rings. The number of rotatable bonds is 26. The van der Waals surface area contributed by atoms with Crippen LogP contribution in [0.1, 0.15) is 130 Å². The second-order valence-corrected chi connectivity index (χ2v) is 21.3. The van der Waals surface area contributed by atoms with E-state index in [1.54, 1.807) is 34.0 Å². The summed E-state index contributed by atoms with van der Waals surface area (Å²) < 4.78 is 1.02. The van der Waals surface area contributed by atoms with E-state index < -0.39 is 0 Å².